The van der Waals surface area contributed by atoms with Crippen LogP contribution in [0.5, 0.6) is 11.5 Å². The van der Waals surface area contributed by atoms with Crippen LogP contribution in [-0.4, -0.2) is 46.0 Å². The molecule has 6 rings (SSSR count). The van der Waals surface area contributed by atoms with Crippen LogP contribution in [-0.2, 0) is 0 Å². The molecule has 6 aromatic rings. The monoisotopic (exact) mass is 534 g/mol. The summed E-state index contributed by atoms with van der Waals surface area (Å²) in [5.41, 5.74) is 4.50. The predicted octanol–water partition coefficient (Wildman–Crippen LogP) is 5.65. The number of H-pyrrole nitrogens is 2. The average molecular weight is 535 g/mol. The zero-order valence-corrected chi connectivity index (χ0v) is 21.8. The van der Waals surface area contributed by atoms with Crippen LogP contribution in [0.1, 0.15) is 20.7 Å². The second-order valence-corrected chi connectivity index (χ2v) is 8.57. The van der Waals surface area contributed by atoms with E-state index in [0.717, 1.165) is 22.1 Å². The van der Waals surface area contributed by atoms with E-state index in [1.807, 2.05) is 48.5 Å². The number of para-hydroxylation sites is 4. The molecule has 2 heterocycles. The summed E-state index contributed by atoms with van der Waals surface area (Å²) in [6.45, 7) is 0. The van der Waals surface area contributed by atoms with Crippen LogP contribution in [0.4, 0.5) is 11.9 Å². The molecule has 0 bridgehead atoms. The number of ether oxygens (including phenoxy) is 2. The molecule has 0 aliphatic carbocycles. The second kappa shape index (κ2) is 11.8. The van der Waals surface area contributed by atoms with Crippen LogP contribution >= 0.6 is 0 Å². The van der Waals surface area contributed by atoms with Crippen LogP contribution in [0.15, 0.2) is 97.1 Å². The van der Waals surface area contributed by atoms with Gasteiger partial charge in [0.15, 0.2) is 0 Å². The molecule has 2 aromatic heterocycles. The number of nitrogens with one attached hydrogen (secondary N) is 4. The third-order valence-electron chi connectivity index (χ3n) is 5.95. The standard InChI is InChI=1S/2C15H13N3O2/c2*1-20-11-8-6-10(7-9-11)14(19)18-15-16-12-4-2-3-5-13(12)17-15/h2*2-9H,1H3,(H2,16,17,18,19). The number of anilines is 2. The maximum atomic E-state index is 12.1. The maximum Gasteiger partial charge on any atom is 0.257 e. The number of hydrogen-bond donors (Lipinski definition) is 4. The highest BCUT2D eigenvalue weighted by molar-refractivity contribution is 6.04. The van der Waals surface area contributed by atoms with E-state index in [2.05, 4.69) is 30.6 Å². The van der Waals surface area contributed by atoms with E-state index in [-0.39, 0.29) is 11.8 Å². The Balaban J connectivity index is 0.000000161. The molecule has 40 heavy (non-hydrogen) atoms. The largest absolute Gasteiger partial charge is 0.497 e. The van der Waals surface area contributed by atoms with Gasteiger partial charge in [-0.2, -0.15) is 0 Å². The van der Waals surface area contributed by atoms with Gasteiger partial charge in [-0.25, -0.2) is 9.97 Å². The highest BCUT2D eigenvalue weighted by Crippen LogP contribution is 2.17. The fourth-order valence-electron chi connectivity index (χ4n) is 3.87. The van der Waals surface area contributed by atoms with Gasteiger partial charge in [-0.3, -0.25) is 20.2 Å². The first-order valence-electron chi connectivity index (χ1n) is 12.3. The Morgan fingerprint density at radius 2 is 0.950 bits per heavy atom. The SMILES string of the molecule is COc1ccc(C(=O)Nc2nc3ccccc3[nH]2)cc1.COc1ccc(C(=O)Nc2nc3ccccc3[nH]2)cc1. The van der Waals surface area contributed by atoms with E-state index in [1.165, 1.54) is 0 Å². The van der Waals surface area contributed by atoms with Crippen molar-refractivity contribution in [1.82, 2.24) is 19.9 Å². The molecule has 0 spiro atoms. The molecule has 0 saturated carbocycles. The first-order chi connectivity index (χ1) is 19.5. The molecular weight excluding hydrogens is 508 g/mol. The number of aromatic amines is 2. The Kier molecular flexibility index (Phi) is 7.68. The summed E-state index contributed by atoms with van der Waals surface area (Å²) in [5, 5.41) is 5.48. The summed E-state index contributed by atoms with van der Waals surface area (Å²) in [4.78, 5) is 38.9. The lowest BCUT2D eigenvalue weighted by Gasteiger charge is -2.03. The van der Waals surface area contributed by atoms with Gasteiger partial charge in [-0.1, -0.05) is 24.3 Å². The molecule has 200 valence electrons. The molecule has 4 N–H and O–H groups in total. The predicted molar refractivity (Wildman–Crippen MR) is 154 cm³/mol. The number of imidazole rings is 2. The summed E-state index contributed by atoms with van der Waals surface area (Å²) in [5.74, 6) is 1.87. The van der Waals surface area contributed by atoms with Crippen molar-refractivity contribution in [2.75, 3.05) is 24.9 Å². The van der Waals surface area contributed by atoms with Crippen molar-refractivity contribution in [3.8, 4) is 11.5 Å². The lowest BCUT2D eigenvalue weighted by atomic mass is 10.2. The average Bonchev–Trinajstić information content (AvgIpc) is 3.60. The van der Waals surface area contributed by atoms with E-state index in [0.29, 0.717) is 34.5 Å². The van der Waals surface area contributed by atoms with Crippen molar-refractivity contribution < 1.29 is 19.1 Å². The maximum absolute atomic E-state index is 12.1. The van der Waals surface area contributed by atoms with E-state index < -0.39 is 0 Å². The number of rotatable bonds is 6. The number of benzene rings is 4. The number of aromatic nitrogens is 4. The fourth-order valence-corrected chi connectivity index (χ4v) is 3.87. The van der Waals surface area contributed by atoms with Crippen molar-refractivity contribution in [1.29, 1.82) is 0 Å². The van der Waals surface area contributed by atoms with E-state index in [9.17, 15) is 9.59 Å². The minimum Gasteiger partial charge on any atom is -0.497 e. The number of carbonyl (C=O) groups is 2. The third kappa shape index (κ3) is 6.08. The molecule has 0 unspecified atom stereocenters. The quantitative estimate of drug-likeness (QED) is 0.218. The Morgan fingerprint density at radius 1 is 0.575 bits per heavy atom. The van der Waals surface area contributed by atoms with Crippen LogP contribution < -0.4 is 20.1 Å². The van der Waals surface area contributed by atoms with Crippen molar-refractivity contribution in [2.24, 2.45) is 0 Å². The highest BCUT2D eigenvalue weighted by atomic mass is 16.5. The van der Waals surface area contributed by atoms with Crippen LogP contribution in [0.3, 0.4) is 0 Å². The summed E-state index contributed by atoms with van der Waals surface area (Å²) in [7, 11) is 3.17. The van der Waals surface area contributed by atoms with Gasteiger partial charge in [-0.15, -0.1) is 0 Å². The van der Waals surface area contributed by atoms with E-state index >= 15 is 0 Å². The first kappa shape index (κ1) is 26.0. The zero-order chi connectivity index (χ0) is 27.9. The number of carbonyl (C=O) groups excluding carboxylic acids is 2. The molecule has 0 aliphatic heterocycles. The van der Waals surface area contributed by atoms with Gasteiger partial charge in [0, 0.05) is 11.1 Å². The third-order valence-corrected chi connectivity index (χ3v) is 5.95. The van der Waals surface area contributed by atoms with Gasteiger partial charge in [0.1, 0.15) is 11.5 Å². The topological polar surface area (TPSA) is 134 Å². The molecule has 2 amide bonds. The van der Waals surface area contributed by atoms with Crippen molar-refractivity contribution in [3.05, 3.63) is 108 Å². The molecule has 0 fully saturated rings. The minimum atomic E-state index is -0.216. The molecule has 10 heteroatoms. The zero-order valence-electron chi connectivity index (χ0n) is 21.8. The lowest BCUT2D eigenvalue weighted by molar-refractivity contribution is 0.101. The molecule has 0 radical (unpaired) electrons. The lowest BCUT2D eigenvalue weighted by Crippen LogP contribution is -2.12. The smallest absolute Gasteiger partial charge is 0.257 e. The Bertz CT molecular complexity index is 1560. The summed E-state index contributed by atoms with van der Waals surface area (Å²) in [6, 6.07) is 29.0. The summed E-state index contributed by atoms with van der Waals surface area (Å²) < 4.78 is 10.1. The fraction of sp³-hybridized carbons (Fsp3) is 0.0667. The molecule has 4 aromatic carbocycles. The number of fused-ring (bicyclic) bond motifs is 2. The van der Waals surface area contributed by atoms with Gasteiger partial charge in [0.2, 0.25) is 11.9 Å². The molecular formula is C30H26N6O4. The first-order valence-corrected chi connectivity index (χ1v) is 12.3. The minimum absolute atomic E-state index is 0.216. The van der Waals surface area contributed by atoms with E-state index in [1.54, 1.807) is 62.8 Å². The number of hydrogen-bond acceptors (Lipinski definition) is 6. The molecule has 10 nitrogen and oxygen atoms in total. The van der Waals surface area contributed by atoms with E-state index in [4.69, 9.17) is 9.47 Å². The van der Waals surface area contributed by atoms with Crippen molar-refractivity contribution >= 4 is 45.8 Å². The van der Waals surface area contributed by atoms with Gasteiger partial charge < -0.3 is 19.4 Å². The normalized spacial score (nSPS) is 10.4. The highest BCUT2D eigenvalue weighted by Gasteiger charge is 2.10. The Labute approximate surface area is 229 Å². The summed E-state index contributed by atoms with van der Waals surface area (Å²) >= 11 is 0. The Morgan fingerprint density at radius 3 is 1.30 bits per heavy atom. The second-order valence-electron chi connectivity index (χ2n) is 8.57. The van der Waals surface area contributed by atoms with Crippen molar-refractivity contribution in [3.63, 3.8) is 0 Å². The Hall–Kier alpha value is -5.64. The van der Waals surface area contributed by atoms with Gasteiger partial charge in [0.05, 0.1) is 36.3 Å². The van der Waals surface area contributed by atoms with Gasteiger partial charge >= 0.3 is 0 Å². The summed E-state index contributed by atoms with van der Waals surface area (Å²) in [6.07, 6.45) is 0. The number of methoxy groups -OCH3 is 2. The van der Waals surface area contributed by atoms with Crippen LogP contribution in [0.25, 0.3) is 22.1 Å². The van der Waals surface area contributed by atoms with Gasteiger partial charge in [-0.05, 0) is 72.8 Å². The molecule has 0 saturated heterocycles. The van der Waals surface area contributed by atoms with Gasteiger partial charge in [0.25, 0.3) is 11.8 Å². The molecule has 0 aliphatic rings. The van der Waals surface area contributed by atoms with Crippen LogP contribution in [0.2, 0.25) is 0 Å². The molecule has 0 atom stereocenters. The number of amides is 2. The number of nitrogens with zero attached hydrogens (tertiary/aromatic N) is 2. The van der Waals surface area contributed by atoms with Crippen LogP contribution in [0, 0.1) is 0 Å². The van der Waals surface area contributed by atoms with Crippen molar-refractivity contribution in [2.45, 2.75) is 0 Å².